The fourth-order valence-electron chi connectivity index (χ4n) is 1.91. The normalized spacial score (nSPS) is 14.4. The number of hydrogen-bond acceptors (Lipinski definition) is 3. The first-order chi connectivity index (χ1) is 9.13. The van der Waals surface area contributed by atoms with Crippen LogP contribution in [0.3, 0.4) is 0 Å². The molecule has 3 rings (SSSR count). The maximum Gasteiger partial charge on any atom is 0.130 e. The summed E-state index contributed by atoms with van der Waals surface area (Å²) in [6.45, 7) is 3.96. The molecule has 0 bridgehead atoms. The second-order valence-corrected chi connectivity index (χ2v) is 5.38. The Morgan fingerprint density at radius 1 is 1.32 bits per heavy atom. The second kappa shape index (κ2) is 4.78. The van der Waals surface area contributed by atoms with Gasteiger partial charge in [-0.1, -0.05) is 24.4 Å². The Bertz CT molecular complexity index is 674. The maximum absolute atomic E-state index is 5.81. The molecule has 0 unspecified atom stereocenters. The SMILES string of the molecule is Cc1nc(-c2cccc(OC3CC3)c2)c(=S)[nH]c1C. The first-order valence-corrected chi connectivity index (χ1v) is 6.89. The fraction of sp³-hybridized carbons (Fsp3) is 0.333. The standard InChI is InChI=1S/C15H16N2OS/c1-9-10(2)17-15(19)14(16-9)11-4-3-5-13(8-11)18-12-6-7-12/h3-5,8,12H,6-7H2,1-2H3,(H,17,19). The van der Waals surface area contributed by atoms with Gasteiger partial charge in [0.2, 0.25) is 0 Å². The molecule has 0 atom stereocenters. The van der Waals surface area contributed by atoms with E-state index in [0.29, 0.717) is 10.7 Å². The Kier molecular flexibility index (Phi) is 3.11. The third-order valence-electron chi connectivity index (χ3n) is 3.27. The second-order valence-electron chi connectivity index (χ2n) is 4.97. The molecule has 1 heterocycles. The number of hydrogen-bond donors (Lipinski definition) is 1. The van der Waals surface area contributed by atoms with Gasteiger partial charge in [0.15, 0.2) is 0 Å². The molecule has 1 aromatic carbocycles. The third-order valence-corrected chi connectivity index (χ3v) is 3.57. The minimum absolute atomic E-state index is 0.400. The van der Waals surface area contributed by atoms with Crippen LogP contribution >= 0.6 is 12.2 Å². The van der Waals surface area contributed by atoms with Gasteiger partial charge in [0, 0.05) is 11.3 Å². The Labute approximate surface area is 117 Å². The lowest BCUT2D eigenvalue weighted by molar-refractivity contribution is 0.303. The van der Waals surface area contributed by atoms with E-state index >= 15 is 0 Å². The summed E-state index contributed by atoms with van der Waals surface area (Å²) in [5.41, 5.74) is 3.80. The van der Waals surface area contributed by atoms with Crippen LogP contribution in [0.4, 0.5) is 0 Å². The van der Waals surface area contributed by atoms with Gasteiger partial charge in [0.1, 0.15) is 16.1 Å². The lowest BCUT2D eigenvalue weighted by Gasteiger charge is -2.08. The van der Waals surface area contributed by atoms with E-state index in [0.717, 1.165) is 41.2 Å². The minimum Gasteiger partial charge on any atom is -0.490 e. The number of nitrogens with zero attached hydrogens (tertiary/aromatic N) is 1. The van der Waals surface area contributed by atoms with E-state index in [2.05, 4.69) is 9.97 Å². The van der Waals surface area contributed by atoms with Crippen molar-refractivity contribution >= 4 is 12.2 Å². The zero-order chi connectivity index (χ0) is 13.4. The van der Waals surface area contributed by atoms with Gasteiger partial charge < -0.3 is 9.72 Å². The van der Waals surface area contributed by atoms with Crippen LogP contribution in [0.15, 0.2) is 24.3 Å². The van der Waals surface area contributed by atoms with E-state index in [-0.39, 0.29) is 0 Å². The van der Waals surface area contributed by atoms with E-state index in [1.54, 1.807) is 0 Å². The third kappa shape index (κ3) is 2.68. The molecule has 0 aliphatic heterocycles. The predicted molar refractivity (Wildman–Crippen MR) is 78.0 cm³/mol. The average molecular weight is 272 g/mol. The lowest BCUT2D eigenvalue weighted by atomic mass is 10.1. The van der Waals surface area contributed by atoms with E-state index < -0.39 is 0 Å². The molecule has 1 aliphatic carbocycles. The monoisotopic (exact) mass is 272 g/mol. The summed E-state index contributed by atoms with van der Waals surface area (Å²) in [4.78, 5) is 7.78. The number of aromatic nitrogens is 2. The van der Waals surface area contributed by atoms with Gasteiger partial charge in [-0.2, -0.15) is 0 Å². The Morgan fingerprint density at radius 3 is 2.84 bits per heavy atom. The summed E-state index contributed by atoms with van der Waals surface area (Å²) in [6, 6.07) is 7.99. The smallest absolute Gasteiger partial charge is 0.130 e. The van der Waals surface area contributed by atoms with Crippen LogP contribution in [-0.4, -0.2) is 16.1 Å². The number of aromatic amines is 1. The zero-order valence-electron chi connectivity index (χ0n) is 11.1. The molecular formula is C15H16N2OS. The number of aryl methyl sites for hydroxylation is 2. The van der Waals surface area contributed by atoms with E-state index in [1.807, 2.05) is 38.1 Å². The highest BCUT2D eigenvalue weighted by atomic mass is 32.1. The summed E-state index contributed by atoms with van der Waals surface area (Å²) in [5, 5.41) is 0. The van der Waals surface area contributed by atoms with Gasteiger partial charge in [-0.3, -0.25) is 0 Å². The zero-order valence-corrected chi connectivity index (χ0v) is 11.9. The van der Waals surface area contributed by atoms with Crippen molar-refractivity contribution in [1.82, 2.24) is 9.97 Å². The van der Waals surface area contributed by atoms with Gasteiger partial charge in [-0.15, -0.1) is 0 Å². The van der Waals surface area contributed by atoms with Crippen LogP contribution in [0, 0.1) is 18.5 Å². The van der Waals surface area contributed by atoms with Crippen LogP contribution in [0.5, 0.6) is 5.75 Å². The molecule has 0 amide bonds. The summed E-state index contributed by atoms with van der Waals surface area (Å²) in [6.07, 6.45) is 2.72. The van der Waals surface area contributed by atoms with E-state index in [9.17, 15) is 0 Å². The maximum atomic E-state index is 5.81. The van der Waals surface area contributed by atoms with Crippen LogP contribution in [0.1, 0.15) is 24.2 Å². The van der Waals surface area contributed by atoms with Crippen molar-refractivity contribution in [2.45, 2.75) is 32.8 Å². The molecule has 2 aromatic rings. The summed E-state index contributed by atoms with van der Waals surface area (Å²) in [5.74, 6) is 0.898. The number of ether oxygens (including phenoxy) is 1. The molecule has 4 heteroatoms. The quantitative estimate of drug-likeness (QED) is 0.859. The van der Waals surface area contributed by atoms with Gasteiger partial charge in [0.25, 0.3) is 0 Å². The summed E-state index contributed by atoms with van der Waals surface area (Å²) < 4.78 is 6.48. The number of benzene rings is 1. The molecule has 1 fully saturated rings. The predicted octanol–water partition coefficient (Wildman–Crippen LogP) is 3.96. The summed E-state index contributed by atoms with van der Waals surface area (Å²) >= 11 is 5.37. The Balaban J connectivity index is 2.01. The number of rotatable bonds is 3. The van der Waals surface area contributed by atoms with Crippen molar-refractivity contribution in [3.8, 4) is 17.0 Å². The van der Waals surface area contributed by atoms with E-state index in [4.69, 9.17) is 17.0 Å². The highest BCUT2D eigenvalue weighted by Gasteiger charge is 2.23. The summed E-state index contributed by atoms with van der Waals surface area (Å²) in [7, 11) is 0. The molecule has 0 radical (unpaired) electrons. The van der Waals surface area contributed by atoms with E-state index in [1.165, 1.54) is 0 Å². The average Bonchev–Trinajstić information content (AvgIpc) is 3.18. The number of nitrogens with one attached hydrogen (secondary N) is 1. The molecule has 0 saturated heterocycles. The molecule has 1 aliphatic rings. The Hall–Kier alpha value is -1.68. The van der Waals surface area contributed by atoms with Gasteiger partial charge in [-0.05, 0) is 38.8 Å². The molecule has 19 heavy (non-hydrogen) atoms. The van der Waals surface area contributed by atoms with Crippen molar-refractivity contribution in [2.75, 3.05) is 0 Å². The van der Waals surface area contributed by atoms with Crippen molar-refractivity contribution in [3.05, 3.63) is 40.3 Å². The van der Waals surface area contributed by atoms with Crippen molar-refractivity contribution in [2.24, 2.45) is 0 Å². The minimum atomic E-state index is 0.400. The fourth-order valence-corrected chi connectivity index (χ4v) is 2.23. The van der Waals surface area contributed by atoms with Crippen LogP contribution in [-0.2, 0) is 0 Å². The largest absolute Gasteiger partial charge is 0.490 e. The highest BCUT2D eigenvalue weighted by molar-refractivity contribution is 7.71. The first-order valence-electron chi connectivity index (χ1n) is 6.48. The van der Waals surface area contributed by atoms with Crippen molar-refractivity contribution < 1.29 is 4.74 Å². The van der Waals surface area contributed by atoms with Crippen LogP contribution in [0.2, 0.25) is 0 Å². The molecule has 1 N–H and O–H groups in total. The molecule has 1 aromatic heterocycles. The molecule has 98 valence electrons. The first kappa shape index (κ1) is 12.4. The van der Waals surface area contributed by atoms with Gasteiger partial charge in [-0.25, -0.2) is 4.98 Å². The lowest BCUT2D eigenvalue weighted by Crippen LogP contribution is -1.98. The molecule has 1 saturated carbocycles. The van der Waals surface area contributed by atoms with Crippen LogP contribution in [0.25, 0.3) is 11.3 Å². The molecule has 0 spiro atoms. The molecule has 3 nitrogen and oxygen atoms in total. The van der Waals surface area contributed by atoms with Crippen molar-refractivity contribution in [3.63, 3.8) is 0 Å². The van der Waals surface area contributed by atoms with Crippen LogP contribution < -0.4 is 4.74 Å². The topological polar surface area (TPSA) is 37.9 Å². The number of H-pyrrole nitrogens is 1. The van der Waals surface area contributed by atoms with Crippen molar-refractivity contribution in [1.29, 1.82) is 0 Å². The van der Waals surface area contributed by atoms with Gasteiger partial charge in [0.05, 0.1) is 11.8 Å². The van der Waals surface area contributed by atoms with Gasteiger partial charge >= 0.3 is 0 Å². The Morgan fingerprint density at radius 2 is 2.11 bits per heavy atom. The highest BCUT2D eigenvalue weighted by Crippen LogP contribution is 2.29. The molecular weight excluding hydrogens is 256 g/mol.